The van der Waals surface area contributed by atoms with Gasteiger partial charge in [0.25, 0.3) is 0 Å². The van der Waals surface area contributed by atoms with Gasteiger partial charge in [0.05, 0.1) is 12.7 Å². The van der Waals surface area contributed by atoms with Crippen LogP contribution in [-0.2, 0) is 13.1 Å². The normalized spacial score (nSPS) is 16.0. The van der Waals surface area contributed by atoms with Crippen LogP contribution in [0.1, 0.15) is 16.9 Å². The van der Waals surface area contributed by atoms with Crippen LogP contribution >= 0.6 is 11.3 Å². The van der Waals surface area contributed by atoms with Crippen LogP contribution in [0.5, 0.6) is 5.75 Å². The van der Waals surface area contributed by atoms with Crippen LogP contribution in [0.2, 0.25) is 0 Å². The first-order chi connectivity index (χ1) is 13.8. The summed E-state index contributed by atoms with van der Waals surface area (Å²) < 4.78 is 5.42. The van der Waals surface area contributed by atoms with Gasteiger partial charge in [0.15, 0.2) is 5.82 Å². The highest BCUT2D eigenvalue weighted by Gasteiger charge is 2.16. The van der Waals surface area contributed by atoms with Crippen molar-refractivity contribution in [3.63, 3.8) is 0 Å². The molecule has 2 aromatic heterocycles. The molecule has 0 radical (unpaired) electrons. The van der Waals surface area contributed by atoms with Crippen molar-refractivity contribution in [3.8, 4) is 17.1 Å². The molecule has 28 heavy (non-hydrogen) atoms. The maximum Gasteiger partial charge on any atom is 0.162 e. The van der Waals surface area contributed by atoms with Gasteiger partial charge in [-0.1, -0.05) is 18.2 Å². The van der Waals surface area contributed by atoms with Gasteiger partial charge in [0.1, 0.15) is 5.75 Å². The van der Waals surface area contributed by atoms with Crippen LogP contribution in [-0.4, -0.2) is 53.1 Å². The Balaban J connectivity index is 1.35. The molecule has 0 atom stereocenters. The summed E-state index contributed by atoms with van der Waals surface area (Å²) in [4.78, 5) is 15.7. The van der Waals surface area contributed by atoms with Crippen LogP contribution in [0, 0.1) is 0 Å². The first-order valence-corrected chi connectivity index (χ1v) is 10.6. The molecule has 0 spiro atoms. The molecule has 5 nitrogen and oxygen atoms in total. The van der Waals surface area contributed by atoms with Crippen molar-refractivity contribution < 1.29 is 4.74 Å². The molecule has 0 saturated carbocycles. The van der Waals surface area contributed by atoms with Crippen LogP contribution in [0.15, 0.2) is 54.2 Å². The highest BCUT2D eigenvalue weighted by molar-refractivity contribution is 7.09. The zero-order valence-electron chi connectivity index (χ0n) is 16.3. The smallest absolute Gasteiger partial charge is 0.162 e. The molecular weight excluding hydrogens is 368 g/mol. The van der Waals surface area contributed by atoms with Crippen molar-refractivity contribution in [2.24, 2.45) is 0 Å². The minimum atomic E-state index is 0.708. The summed E-state index contributed by atoms with van der Waals surface area (Å²) in [5, 5.41) is 2.16. The zero-order chi connectivity index (χ0) is 19.2. The fourth-order valence-electron chi connectivity index (χ4n) is 3.63. The van der Waals surface area contributed by atoms with E-state index in [4.69, 9.17) is 4.74 Å². The quantitative estimate of drug-likeness (QED) is 0.634. The Labute approximate surface area is 170 Å². The number of methoxy groups -OCH3 is 1. The Kier molecular flexibility index (Phi) is 6.31. The topological polar surface area (TPSA) is 41.5 Å². The van der Waals surface area contributed by atoms with E-state index >= 15 is 0 Å². The summed E-state index contributed by atoms with van der Waals surface area (Å²) in [6, 6.07) is 12.2. The third kappa shape index (κ3) is 4.76. The largest absolute Gasteiger partial charge is 0.496 e. The van der Waals surface area contributed by atoms with Gasteiger partial charge in [-0.25, -0.2) is 9.97 Å². The molecule has 0 aliphatic carbocycles. The molecule has 0 unspecified atom stereocenters. The fraction of sp³-hybridized carbons (Fsp3) is 0.364. The van der Waals surface area contributed by atoms with Crippen LogP contribution in [0.3, 0.4) is 0 Å². The number of rotatable bonds is 6. The van der Waals surface area contributed by atoms with E-state index in [0.717, 1.165) is 56.1 Å². The zero-order valence-corrected chi connectivity index (χ0v) is 17.1. The lowest BCUT2D eigenvalue weighted by molar-refractivity contribution is 0.248. The summed E-state index contributed by atoms with van der Waals surface area (Å²) >= 11 is 1.85. The maximum atomic E-state index is 5.42. The van der Waals surface area contributed by atoms with Crippen LogP contribution in [0.4, 0.5) is 0 Å². The van der Waals surface area contributed by atoms with Crippen molar-refractivity contribution in [1.29, 1.82) is 0 Å². The summed E-state index contributed by atoms with van der Waals surface area (Å²) in [7, 11) is 1.67. The van der Waals surface area contributed by atoms with E-state index in [2.05, 4.69) is 37.3 Å². The molecule has 6 heteroatoms. The Morgan fingerprint density at radius 2 is 1.68 bits per heavy atom. The molecular formula is C22H26N4OS. The van der Waals surface area contributed by atoms with Crippen molar-refractivity contribution in [2.75, 3.05) is 33.3 Å². The lowest BCUT2D eigenvalue weighted by Gasteiger charge is -2.21. The molecule has 1 aliphatic heterocycles. The third-order valence-corrected chi connectivity index (χ3v) is 5.96. The standard InChI is InChI=1S/C22H26N4OS/c1-27-21-8-3-2-7-20(21)22-23-14-18(15-24-22)16-25-9-5-10-26(12-11-25)17-19-6-4-13-28-19/h2-4,6-8,13-15H,5,9-12,16-17H2,1H3. The number of thiophene rings is 1. The summed E-state index contributed by atoms with van der Waals surface area (Å²) in [5.74, 6) is 1.51. The van der Waals surface area contributed by atoms with E-state index < -0.39 is 0 Å². The average Bonchev–Trinajstić information content (AvgIpc) is 3.15. The van der Waals surface area contributed by atoms with E-state index in [1.807, 2.05) is 48.0 Å². The van der Waals surface area contributed by atoms with E-state index in [9.17, 15) is 0 Å². The van der Waals surface area contributed by atoms with E-state index in [1.54, 1.807) is 7.11 Å². The molecule has 1 aromatic carbocycles. The van der Waals surface area contributed by atoms with Gasteiger partial charge in [-0.05, 0) is 43.1 Å². The molecule has 0 bridgehead atoms. The fourth-order valence-corrected chi connectivity index (χ4v) is 4.37. The van der Waals surface area contributed by atoms with Crippen LogP contribution < -0.4 is 4.74 Å². The second-order valence-electron chi connectivity index (χ2n) is 7.10. The minimum Gasteiger partial charge on any atom is -0.496 e. The molecule has 3 aromatic rings. The van der Waals surface area contributed by atoms with E-state index in [0.29, 0.717) is 5.82 Å². The number of ether oxygens (including phenoxy) is 1. The Morgan fingerprint density at radius 1 is 0.929 bits per heavy atom. The molecule has 0 amide bonds. The van der Waals surface area contributed by atoms with Crippen molar-refractivity contribution in [3.05, 3.63) is 64.6 Å². The van der Waals surface area contributed by atoms with Gasteiger partial charge < -0.3 is 4.74 Å². The second kappa shape index (κ2) is 9.28. The molecule has 1 fully saturated rings. The number of para-hydroxylation sites is 1. The molecule has 0 N–H and O–H groups in total. The lowest BCUT2D eigenvalue weighted by Crippen LogP contribution is -2.30. The average molecular weight is 395 g/mol. The summed E-state index contributed by atoms with van der Waals surface area (Å²) in [6.45, 7) is 6.45. The maximum absolute atomic E-state index is 5.42. The van der Waals surface area contributed by atoms with Gasteiger partial charge in [-0.2, -0.15) is 0 Å². The Bertz CT molecular complexity index is 867. The van der Waals surface area contributed by atoms with Gasteiger partial charge >= 0.3 is 0 Å². The van der Waals surface area contributed by atoms with Crippen molar-refractivity contribution >= 4 is 11.3 Å². The first kappa shape index (κ1) is 19.1. The Morgan fingerprint density at radius 3 is 2.39 bits per heavy atom. The molecule has 146 valence electrons. The van der Waals surface area contributed by atoms with Crippen LogP contribution in [0.25, 0.3) is 11.4 Å². The van der Waals surface area contributed by atoms with Gasteiger partial charge in [-0.3, -0.25) is 9.80 Å². The molecule has 1 aliphatic rings. The number of nitrogens with zero attached hydrogens (tertiary/aromatic N) is 4. The minimum absolute atomic E-state index is 0.708. The third-order valence-electron chi connectivity index (χ3n) is 5.10. The van der Waals surface area contributed by atoms with Gasteiger partial charge in [0.2, 0.25) is 0 Å². The number of hydrogen-bond donors (Lipinski definition) is 0. The van der Waals surface area contributed by atoms with E-state index in [-0.39, 0.29) is 0 Å². The molecule has 4 rings (SSSR count). The highest BCUT2D eigenvalue weighted by Crippen LogP contribution is 2.26. The first-order valence-electron chi connectivity index (χ1n) is 9.73. The van der Waals surface area contributed by atoms with E-state index in [1.165, 1.54) is 11.3 Å². The predicted octanol–water partition coefficient (Wildman–Crippen LogP) is 3.92. The number of hydrogen-bond acceptors (Lipinski definition) is 6. The number of aromatic nitrogens is 2. The molecule has 3 heterocycles. The van der Waals surface area contributed by atoms with Crippen molar-refractivity contribution in [2.45, 2.75) is 19.5 Å². The van der Waals surface area contributed by atoms with Crippen molar-refractivity contribution in [1.82, 2.24) is 19.8 Å². The Hall–Kier alpha value is -2.28. The summed E-state index contributed by atoms with van der Waals surface area (Å²) in [5.41, 5.74) is 2.08. The van der Waals surface area contributed by atoms with Gasteiger partial charge in [-0.15, -0.1) is 11.3 Å². The monoisotopic (exact) mass is 394 g/mol. The lowest BCUT2D eigenvalue weighted by atomic mass is 10.2. The van der Waals surface area contributed by atoms with Gasteiger partial charge in [0, 0.05) is 49.0 Å². The number of benzene rings is 1. The predicted molar refractivity (Wildman–Crippen MR) is 114 cm³/mol. The second-order valence-corrected chi connectivity index (χ2v) is 8.13. The SMILES string of the molecule is COc1ccccc1-c1ncc(CN2CCCN(Cc3cccs3)CC2)cn1. The molecule has 1 saturated heterocycles. The summed E-state index contributed by atoms with van der Waals surface area (Å²) in [6.07, 6.45) is 5.09. The highest BCUT2D eigenvalue weighted by atomic mass is 32.1.